The number of ether oxygens (including phenoxy) is 1. The van der Waals surface area contributed by atoms with Gasteiger partial charge in [0, 0.05) is 0 Å². The Labute approximate surface area is 175 Å². The van der Waals surface area contributed by atoms with Crippen molar-refractivity contribution in [2.45, 2.75) is 24.6 Å². The van der Waals surface area contributed by atoms with Crippen molar-refractivity contribution in [3.63, 3.8) is 0 Å². The summed E-state index contributed by atoms with van der Waals surface area (Å²) in [6.07, 6.45) is -7.87. The molecule has 4 unspecified atom stereocenters. The van der Waals surface area contributed by atoms with Gasteiger partial charge in [-0.05, 0) is 0 Å². The van der Waals surface area contributed by atoms with Gasteiger partial charge in [0.15, 0.2) is 29.4 Å². The molecule has 1 aliphatic heterocycles. The van der Waals surface area contributed by atoms with Gasteiger partial charge >= 0.3 is 29.5 Å². The molecule has 2 aromatic rings. The van der Waals surface area contributed by atoms with Gasteiger partial charge in [-0.25, -0.2) is 23.1 Å². The SMILES string of the molecule is Nc1nc(F)nc2c1ncn2[C@@H]1O[C@H](COP(=O)(O)OP(=O)(O)OP(=O)(O)O)C(O)C1F. The highest BCUT2D eigenvalue weighted by Crippen LogP contribution is 2.66. The average Bonchev–Trinajstić information content (AvgIpc) is 3.12. The molecule has 0 bridgehead atoms. The highest BCUT2D eigenvalue weighted by atomic mass is 31.3. The first kappa shape index (κ1) is 25.2. The molecular weight excluding hydrogens is 513 g/mol. The molecule has 0 aliphatic carbocycles. The predicted octanol–water partition coefficient (Wildman–Crippen LogP) is -0.513. The van der Waals surface area contributed by atoms with Crippen LogP contribution in [0.3, 0.4) is 0 Å². The molecule has 0 saturated carbocycles. The fraction of sp³-hybridized carbons (Fsp3) is 0.500. The highest BCUT2D eigenvalue weighted by molar-refractivity contribution is 7.66. The first-order valence-electron chi connectivity index (χ1n) is 8.00. The van der Waals surface area contributed by atoms with Crippen LogP contribution >= 0.6 is 23.5 Å². The number of phosphoric ester groups is 1. The topological polar surface area (TPSA) is 259 Å². The number of aliphatic hydroxyl groups is 1. The number of halogens is 2. The summed E-state index contributed by atoms with van der Waals surface area (Å²) in [7, 11) is -16.9. The summed E-state index contributed by atoms with van der Waals surface area (Å²) in [6, 6.07) is 0. The van der Waals surface area contributed by atoms with E-state index in [0.717, 1.165) is 10.9 Å². The van der Waals surface area contributed by atoms with E-state index in [-0.39, 0.29) is 17.0 Å². The van der Waals surface area contributed by atoms with E-state index in [9.17, 15) is 32.5 Å². The summed E-state index contributed by atoms with van der Waals surface area (Å²) in [5.74, 6) is -0.357. The lowest BCUT2D eigenvalue weighted by Crippen LogP contribution is -2.31. The van der Waals surface area contributed by atoms with Crippen molar-refractivity contribution in [2.24, 2.45) is 0 Å². The molecule has 1 aliphatic rings. The number of rotatable bonds is 8. The highest BCUT2D eigenvalue weighted by Gasteiger charge is 2.48. The van der Waals surface area contributed by atoms with E-state index in [0.29, 0.717) is 0 Å². The molecule has 0 radical (unpaired) electrons. The van der Waals surface area contributed by atoms with Crippen molar-refractivity contribution in [2.75, 3.05) is 12.3 Å². The van der Waals surface area contributed by atoms with Crippen LogP contribution in [-0.4, -0.2) is 69.2 Å². The number of nitrogens with zero attached hydrogens (tertiary/aromatic N) is 4. The molecule has 17 nitrogen and oxygen atoms in total. The monoisotopic (exact) mass is 527 g/mol. The van der Waals surface area contributed by atoms with Crippen LogP contribution < -0.4 is 5.73 Å². The molecule has 0 spiro atoms. The third kappa shape index (κ3) is 5.72. The Morgan fingerprint density at radius 2 is 1.81 bits per heavy atom. The first-order valence-corrected chi connectivity index (χ1v) is 12.5. The van der Waals surface area contributed by atoms with Crippen molar-refractivity contribution >= 4 is 40.4 Å². The van der Waals surface area contributed by atoms with Crippen LogP contribution in [0, 0.1) is 6.08 Å². The van der Waals surface area contributed by atoms with Gasteiger partial charge in [-0.15, -0.1) is 0 Å². The second-order valence-electron chi connectivity index (χ2n) is 6.09. The molecular formula is C10H14F2N5O12P3. The molecule has 22 heteroatoms. The number of hydrogen-bond donors (Lipinski definition) is 6. The molecule has 0 aromatic carbocycles. The zero-order valence-corrected chi connectivity index (χ0v) is 17.8. The number of phosphoric acid groups is 3. The van der Waals surface area contributed by atoms with E-state index < -0.39 is 60.8 Å². The van der Waals surface area contributed by atoms with Crippen molar-refractivity contribution in [1.82, 2.24) is 19.5 Å². The van der Waals surface area contributed by atoms with Crippen molar-refractivity contribution in [3.8, 4) is 0 Å². The van der Waals surface area contributed by atoms with Crippen LogP contribution in [0.4, 0.5) is 14.6 Å². The lowest BCUT2D eigenvalue weighted by Gasteiger charge is -2.19. The van der Waals surface area contributed by atoms with Gasteiger partial charge in [0.05, 0.1) is 12.9 Å². The summed E-state index contributed by atoms with van der Waals surface area (Å²) in [5, 5.41) is 10.0. The Morgan fingerprint density at radius 1 is 1.16 bits per heavy atom. The normalized spacial score (nSPS) is 28.0. The standard InChI is InChI=1S/C10H14F2N5O12P3/c11-4-6(18)3(1-26-31(22,23)29-32(24,25)28-30(19,20)21)27-9(4)17-2-14-5-7(13)15-10(12)16-8(5)17/h2-4,6,9,18H,1H2,(H,22,23)(H,24,25)(H2,13,15,16)(H2,19,20,21)/t3-,4?,6?,9-/m1/s1. The number of fused-ring (bicyclic) bond motifs is 1. The number of nitrogen functional groups attached to an aromatic ring is 1. The minimum Gasteiger partial charge on any atom is -0.387 e. The molecule has 3 heterocycles. The first-order chi connectivity index (χ1) is 14.6. The van der Waals surface area contributed by atoms with Gasteiger partial charge in [-0.2, -0.15) is 23.0 Å². The zero-order valence-electron chi connectivity index (χ0n) is 15.2. The number of nitrogens with two attached hydrogens (primary N) is 1. The van der Waals surface area contributed by atoms with Gasteiger partial charge in [-0.3, -0.25) is 9.09 Å². The molecule has 32 heavy (non-hydrogen) atoms. The van der Waals surface area contributed by atoms with Gasteiger partial charge in [-0.1, -0.05) is 0 Å². The number of aliphatic hydroxyl groups excluding tert-OH is 1. The molecule has 2 aromatic heterocycles. The van der Waals surface area contributed by atoms with Gasteiger partial charge in [0.25, 0.3) is 0 Å². The summed E-state index contributed by atoms with van der Waals surface area (Å²) in [6.45, 7) is -1.11. The Balaban J connectivity index is 1.72. The van der Waals surface area contributed by atoms with E-state index in [2.05, 4.69) is 28.1 Å². The lowest BCUT2D eigenvalue weighted by molar-refractivity contribution is -0.0451. The average molecular weight is 527 g/mol. The third-order valence-corrected chi connectivity index (χ3v) is 7.61. The largest absolute Gasteiger partial charge is 0.490 e. The Morgan fingerprint density at radius 3 is 2.44 bits per heavy atom. The van der Waals surface area contributed by atoms with Gasteiger partial charge in [0.2, 0.25) is 0 Å². The minimum atomic E-state index is -5.77. The van der Waals surface area contributed by atoms with Gasteiger partial charge in [0.1, 0.15) is 12.2 Å². The van der Waals surface area contributed by atoms with Crippen LogP contribution in [0.2, 0.25) is 0 Å². The summed E-state index contributed by atoms with van der Waals surface area (Å²) in [5.41, 5.74) is 5.10. The quantitative estimate of drug-likeness (QED) is 0.186. The summed E-state index contributed by atoms with van der Waals surface area (Å²) in [4.78, 5) is 45.9. The van der Waals surface area contributed by atoms with Crippen molar-refractivity contribution in [3.05, 3.63) is 12.4 Å². The van der Waals surface area contributed by atoms with Crippen LogP contribution in [0.5, 0.6) is 0 Å². The number of alkyl halides is 1. The molecule has 0 amide bonds. The second-order valence-corrected chi connectivity index (χ2v) is 10.5. The van der Waals surface area contributed by atoms with E-state index in [4.69, 9.17) is 25.2 Å². The van der Waals surface area contributed by atoms with Crippen LogP contribution in [-0.2, 0) is 31.6 Å². The Kier molecular flexibility index (Phi) is 6.86. The number of anilines is 1. The molecule has 3 rings (SSSR count). The van der Waals surface area contributed by atoms with Gasteiger partial charge < -0.3 is 35.2 Å². The number of aromatic nitrogens is 4. The summed E-state index contributed by atoms with van der Waals surface area (Å²) >= 11 is 0. The maximum Gasteiger partial charge on any atom is 0.490 e. The van der Waals surface area contributed by atoms with E-state index in [1.165, 1.54) is 0 Å². The van der Waals surface area contributed by atoms with Crippen LogP contribution in [0.1, 0.15) is 6.23 Å². The lowest BCUT2D eigenvalue weighted by atomic mass is 10.1. The third-order valence-electron chi connectivity index (χ3n) is 3.81. The fourth-order valence-corrected chi connectivity index (χ4v) is 5.66. The second kappa shape index (κ2) is 8.72. The smallest absolute Gasteiger partial charge is 0.387 e. The molecule has 7 N–H and O–H groups in total. The van der Waals surface area contributed by atoms with E-state index in [1.807, 2.05) is 0 Å². The van der Waals surface area contributed by atoms with E-state index >= 15 is 0 Å². The molecule has 6 atom stereocenters. The predicted molar refractivity (Wildman–Crippen MR) is 94.3 cm³/mol. The zero-order chi connectivity index (χ0) is 24.1. The minimum absolute atomic E-state index is 0.103. The summed E-state index contributed by atoms with van der Waals surface area (Å²) < 4.78 is 79.1. The fourth-order valence-electron chi connectivity index (χ4n) is 2.63. The molecule has 1 fully saturated rings. The number of imidazole rings is 1. The van der Waals surface area contributed by atoms with Crippen LogP contribution in [0.15, 0.2) is 6.33 Å². The van der Waals surface area contributed by atoms with Crippen molar-refractivity contribution in [1.29, 1.82) is 0 Å². The van der Waals surface area contributed by atoms with Crippen molar-refractivity contribution < 1.29 is 65.0 Å². The van der Waals surface area contributed by atoms with E-state index in [1.54, 1.807) is 0 Å². The van der Waals surface area contributed by atoms with Crippen LogP contribution in [0.25, 0.3) is 11.2 Å². The molecule has 1 saturated heterocycles. The Bertz CT molecular complexity index is 1160. The molecule has 180 valence electrons. The Hall–Kier alpha value is -1.46. The maximum absolute atomic E-state index is 14.6. The maximum atomic E-state index is 14.6. The number of hydrogen-bond acceptors (Lipinski definition) is 12.